The molecule has 1 heterocycles. The average Bonchev–Trinajstić information content (AvgIpc) is 2.67. The van der Waals surface area contributed by atoms with E-state index in [1.165, 1.54) is 3.57 Å². The lowest BCUT2D eigenvalue weighted by Crippen LogP contribution is -2.01. The molecule has 0 aliphatic carbocycles. The smallest absolute Gasteiger partial charge is 0.171 e. The van der Waals surface area contributed by atoms with E-state index in [9.17, 15) is 0 Å². The van der Waals surface area contributed by atoms with Crippen LogP contribution >= 0.6 is 34.2 Å². The van der Waals surface area contributed by atoms with Crippen LogP contribution in [0.4, 0.5) is 0 Å². The van der Waals surface area contributed by atoms with Crippen LogP contribution in [0.1, 0.15) is 5.82 Å². The van der Waals surface area contributed by atoms with Crippen molar-refractivity contribution < 1.29 is 0 Å². The SMILES string of the molecule is ClCc1nnnn1-c1ccc(I)cc1. The van der Waals surface area contributed by atoms with Crippen LogP contribution in [-0.4, -0.2) is 20.2 Å². The van der Waals surface area contributed by atoms with Gasteiger partial charge in [-0.15, -0.1) is 16.7 Å². The van der Waals surface area contributed by atoms with E-state index in [1.54, 1.807) is 4.68 Å². The number of alkyl halides is 1. The molecule has 0 fully saturated rings. The molecular weight excluding hydrogens is 314 g/mol. The van der Waals surface area contributed by atoms with Crippen LogP contribution in [-0.2, 0) is 5.88 Å². The van der Waals surface area contributed by atoms with Crippen molar-refractivity contribution in [1.82, 2.24) is 20.2 Å². The summed E-state index contributed by atoms with van der Waals surface area (Å²) in [4.78, 5) is 0. The van der Waals surface area contributed by atoms with E-state index >= 15 is 0 Å². The minimum absolute atomic E-state index is 0.305. The number of benzene rings is 1. The van der Waals surface area contributed by atoms with Crippen molar-refractivity contribution in [2.75, 3.05) is 0 Å². The number of hydrogen-bond donors (Lipinski definition) is 0. The van der Waals surface area contributed by atoms with Crippen LogP contribution in [0.3, 0.4) is 0 Å². The highest BCUT2D eigenvalue weighted by molar-refractivity contribution is 14.1. The molecule has 4 nitrogen and oxygen atoms in total. The fraction of sp³-hybridized carbons (Fsp3) is 0.125. The summed E-state index contributed by atoms with van der Waals surface area (Å²) in [6.07, 6.45) is 0. The molecule has 2 aromatic rings. The summed E-state index contributed by atoms with van der Waals surface area (Å²) in [7, 11) is 0. The minimum atomic E-state index is 0.305. The highest BCUT2D eigenvalue weighted by Gasteiger charge is 2.05. The molecule has 0 saturated heterocycles. The third-order valence-electron chi connectivity index (χ3n) is 1.72. The summed E-state index contributed by atoms with van der Waals surface area (Å²) in [5.41, 5.74) is 0.922. The molecule has 0 aliphatic rings. The van der Waals surface area contributed by atoms with E-state index in [0.717, 1.165) is 5.69 Å². The van der Waals surface area contributed by atoms with Gasteiger partial charge in [0.15, 0.2) is 5.82 Å². The lowest BCUT2D eigenvalue weighted by Gasteiger charge is -2.01. The van der Waals surface area contributed by atoms with Gasteiger partial charge in [0.25, 0.3) is 0 Å². The summed E-state index contributed by atoms with van der Waals surface area (Å²) in [6.45, 7) is 0. The predicted octanol–water partition coefficient (Wildman–Crippen LogP) is 2.01. The Bertz CT molecular complexity index is 425. The summed E-state index contributed by atoms with van der Waals surface area (Å²) >= 11 is 7.94. The molecule has 2 rings (SSSR count). The monoisotopic (exact) mass is 320 g/mol. The number of aromatic nitrogens is 4. The van der Waals surface area contributed by atoms with Crippen LogP contribution in [0, 0.1) is 3.57 Å². The van der Waals surface area contributed by atoms with Gasteiger partial charge in [-0.2, -0.15) is 4.68 Å². The Hall–Kier alpha value is -0.690. The summed E-state index contributed by atoms with van der Waals surface area (Å²) in [6, 6.07) is 7.90. The van der Waals surface area contributed by atoms with Gasteiger partial charge in [-0.05, 0) is 57.3 Å². The van der Waals surface area contributed by atoms with Gasteiger partial charge in [0.05, 0.1) is 11.6 Å². The quantitative estimate of drug-likeness (QED) is 0.628. The van der Waals surface area contributed by atoms with E-state index in [4.69, 9.17) is 11.6 Å². The van der Waals surface area contributed by atoms with Gasteiger partial charge in [0.2, 0.25) is 0 Å². The van der Waals surface area contributed by atoms with Crippen molar-refractivity contribution in [3.63, 3.8) is 0 Å². The minimum Gasteiger partial charge on any atom is -0.196 e. The first-order valence-electron chi connectivity index (χ1n) is 3.90. The molecule has 0 bridgehead atoms. The normalized spacial score (nSPS) is 10.4. The van der Waals surface area contributed by atoms with Gasteiger partial charge >= 0.3 is 0 Å². The molecule has 72 valence electrons. The molecule has 0 radical (unpaired) electrons. The number of rotatable bonds is 2. The number of tetrazole rings is 1. The van der Waals surface area contributed by atoms with Crippen molar-refractivity contribution in [3.8, 4) is 5.69 Å². The fourth-order valence-corrected chi connectivity index (χ4v) is 1.60. The summed E-state index contributed by atoms with van der Waals surface area (Å²) < 4.78 is 2.80. The van der Waals surface area contributed by atoms with E-state index in [0.29, 0.717) is 11.7 Å². The van der Waals surface area contributed by atoms with E-state index in [2.05, 4.69) is 38.1 Å². The van der Waals surface area contributed by atoms with Crippen LogP contribution in [0.5, 0.6) is 0 Å². The molecule has 6 heteroatoms. The maximum atomic E-state index is 5.69. The van der Waals surface area contributed by atoms with Gasteiger partial charge in [-0.1, -0.05) is 0 Å². The number of hydrogen-bond acceptors (Lipinski definition) is 3. The first-order valence-corrected chi connectivity index (χ1v) is 5.52. The van der Waals surface area contributed by atoms with Crippen LogP contribution in [0.15, 0.2) is 24.3 Å². The molecule has 1 aromatic carbocycles. The molecule has 0 atom stereocenters. The van der Waals surface area contributed by atoms with Crippen molar-refractivity contribution in [1.29, 1.82) is 0 Å². The highest BCUT2D eigenvalue weighted by atomic mass is 127. The third-order valence-corrected chi connectivity index (χ3v) is 2.68. The number of halogens is 2. The Morgan fingerprint density at radius 2 is 2.00 bits per heavy atom. The molecule has 1 aromatic heterocycles. The van der Waals surface area contributed by atoms with Crippen LogP contribution in [0.25, 0.3) is 5.69 Å². The van der Waals surface area contributed by atoms with E-state index < -0.39 is 0 Å². The molecule has 0 saturated carbocycles. The molecule has 14 heavy (non-hydrogen) atoms. The highest BCUT2D eigenvalue weighted by Crippen LogP contribution is 2.11. The molecule has 0 aliphatic heterocycles. The maximum absolute atomic E-state index is 5.69. The zero-order valence-corrected chi connectivity index (χ0v) is 9.97. The zero-order valence-electron chi connectivity index (χ0n) is 7.06. The molecule has 0 N–H and O–H groups in total. The molecular formula is C8H6ClIN4. The maximum Gasteiger partial charge on any atom is 0.171 e. The molecule has 0 amide bonds. The Labute approximate surface area is 99.4 Å². The fourth-order valence-electron chi connectivity index (χ4n) is 1.07. The van der Waals surface area contributed by atoms with Gasteiger partial charge in [-0.3, -0.25) is 0 Å². The zero-order chi connectivity index (χ0) is 9.97. The summed E-state index contributed by atoms with van der Waals surface area (Å²) in [5.74, 6) is 0.951. The van der Waals surface area contributed by atoms with Crippen LogP contribution in [0.2, 0.25) is 0 Å². The second-order valence-corrected chi connectivity index (χ2v) is 4.13. The first kappa shape index (κ1) is 9.85. The topological polar surface area (TPSA) is 43.6 Å². The van der Waals surface area contributed by atoms with Crippen molar-refractivity contribution in [3.05, 3.63) is 33.7 Å². The van der Waals surface area contributed by atoms with Gasteiger partial charge < -0.3 is 0 Å². The van der Waals surface area contributed by atoms with Gasteiger partial charge in [0.1, 0.15) is 0 Å². The Kier molecular flexibility index (Phi) is 2.97. The largest absolute Gasteiger partial charge is 0.196 e. The Balaban J connectivity index is 2.44. The standard InChI is InChI=1S/C8H6ClIN4/c9-5-8-11-12-13-14(8)7-3-1-6(10)2-4-7/h1-4H,5H2. The van der Waals surface area contributed by atoms with Gasteiger partial charge in [0, 0.05) is 3.57 Å². The lowest BCUT2D eigenvalue weighted by atomic mass is 10.3. The average molecular weight is 321 g/mol. The second-order valence-electron chi connectivity index (χ2n) is 2.62. The van der Waals surface area contributed by atoms with Crippen molar-refractivity contribution in [2.45, 2.75) is 5.88 Å². The molecule has 0 spiro atoms. The van der Waals surface area contributed by atoms with Crippen molar-refractivity contribution >= 4 is 34.2 Å². The van der Waals surface area contributed by atoms with E-state index in [1.807, 2.05) is 24.3 Å². The molecule has 0 unspecified atom stereocenters. The first-order chi connectivity index (χ1) is 6.81. The summed E-state index contributed by atoms with van der Waals surface area (Å²) in [5, 5.41) is 11.2. The number of nitrogens with zero attached hydrogens (tertiary/aromatic N) is 4. The van der Waals surface area contributed by atoms with Gasteiger partial charge in [-0.25, -0.2) is 0 Å². The third kappa shape index (κ3) is 1.88. The predicted molar refractivity (Wildman–Crippen MR) is 61.4 cm³/mol. The van der Waals surface area contributed by atoms with Crippen LogP contribution < -0.4 is 0 Å². The van der Waals surface area contributed by atoms with Crippen molar-refractivity contribution in [2.24, 2.45) is 0 Å². The second kappa shape index (κ2) is 4.22. The van der Waals surface area contributed by atoms with E-state index in [-0.39, 0.29) is 0 Å². The lowest BCUT2D eigenvalue weighted by molar-refractivity contribution is 0.777. The Morgan fingerprint density at radius 3 is 2.64 bits per heavy atom. The Morgan fingerprint density at radius 1 is 1.29 bits per heavy atom.